The zero-order valence-electron chi connectivity index (χ0n) is 33.4. The molecule has 0 radical (unpaired) electrons. The van der Waals surface area contributed by atoms with Crippen LogP contribution in [0.25, 0.3) is 20.2 Å². The maximum atomic E-state index is 2.75. The lowest BCUT2D eigenvalue weighted by atomic mass is 9.68. The summed E-state index contributed by atoms with van der Waals surface area (Å²) in [4.78, 5) is 5.31. The second-order valence-corrected chi connectivity index (χ2v) is 19.4. The zero-order chi connectivity index (χ0) is 38.7. The minimum Gasteiger partial charge on any atom is -0.310 e. The Balaban J connectivity index is 1.07. The molecule has 1 spiro atoms. The first-order chi connectivity index (χ1) is 29.2. The smallest absolute Gasteiger partial charge is 0.0505 e. The SMILES string of the molecule is c1ccc(N(c2ccccc2)c2cccc3c2C24c5c(cccc5N(c5ccc6c(c5)sc5ccccc56)c5ccccc5C5CC6CCC5C6)CC2CCC4C3)cc1. The van der Waals surface area contributed by atoms with Crippen LogP contribution >= 0.6 is 11.3 Å². The zero-order valence-corrected chi connectivity index (χ0v) is 34.3. The summed E-state index contributed by atoms with van der Waals surface area (Å²) in [6.45, 7) is 0. The van der Waals surface area contributed by atoms with E-state index in [4.69, 9.17) is 0 Å². The maximum Gasteiger partial charge on any atom is 0.0505 e. The molecule has 5 aliphatic carbocycles. The van der Waals surface area contributed by atoms with Crippen LogP contribution in [0.2, 0.25) is 0 Å². The first kappa shape index (κ1) is 34.2. The monoisotopic (exact) mass is 780 g/mol. The van der Waals surface area contributed by atoms with Crippen LogP contribution in [0.1, 0.15) is 72.3 Å². The Kier molecular flexibility index (Phi) is 7.65. The van der Waals surface area contributed by atoms with Gasteiger partial charge in [0.2, 0.25) is 0 Å². The van der Waals surface area contributed by atoms with E-state index in [0.717, 1.165) is 24.7 Å². The van der Waals surface area contributed by atoms with Gasteiger partial charge in [0.15, 0.2) is 0 Å². The van der Waals surface area contributed by atoms with Crippen molar-refractivity contribution in [2.75, 3.05) is 9.80 Å². The van der Waals surface area contributed by atoms with E-state index in [1.807, 2.05) is 11.3 Å². The minimum absolute atomic E-state index is 0.0823. The van der Waals surface area contributed by atoms with Gasteiger partial charge >= 0.3 is 0 Å². The lowest BCUT2D eigenvalue weighted by Crippen LogP contribution is -2.34. The van der Waals surface area contributed by atoms with Gasteiger partial charge in [0, 0.05) is 48.3 Å². The van der Waals surface area contributed by atoms with E-state index in [1.54, 1.807) is 22.3 Å². The van der Waals surface area contributed by atoms with Crippen LogP contribution in [0.5, 0.6) is 0 Å². The molecule has 288 valence electrons. The molecule has 2 bridgehead atoms. The van der Waals surface area contributed by atoms with E-state index in [0.29, 0.717) is 17.8 Å². The van der Waals surface area contributed by atoms with Gasteiger partial charge in [-0.05, 0) is 163 Å². The number of nitrogens with zero attached hydrogens (tertiary/aromatic N) is 2. The number of para-hydroxylation sites is 3. The van der Waals surface area contributed by atoms with E-state index in [2.05, 4.69) is 174 Å². The van der Waals surface area contributed by atoms with E-state index < -0.39 is 0 Å². The van der Waals surface area contributed by atoms with Crippen molar-refractivity contribution < 1.29 is 0 Å². The lowest BCUT2D eigenvalue weighted by molar-refractivity contribution is 0.350. The number of anilines is 6. The van der Waals surface area contributed by atoms with Gasteiger partial charge < -0.3 is 9.80 Å². The molecular weight excluding hydrogens is 733 g/mol. The summed E-state index contributed by atoms with van der Waals surface area (Å²) in [6, 6.07) is 62.7. The molecule has 2 nitrogen and oxygen atoms in total. The normalized spacial score (nSPS) is 24.6. The molecule has 0 amide bonds. The molecule has 3 saturated carbocycles. The number of fused-ring (bicyclic) bond motifs is 7. The van der Waals surface area contributed by atoms with E-state index >= 15 is 0 Å². The van der Waals surface area contributed by atoms with Gasteiger partial charge in [0.25, 0.3) is 0 Å². The van der Waals surface area contributed by atoms with Gasteiger partial charge in [-0.1, -0.05) is 110 Å². The third kappa shape index (κ3) is 4.98. The molecule has 3 heteroatoms. The summed E-state index contributed by atoms with van der Waals surface area (Å²) in [5.41, 5.74) is 15.6. The predicted octanol–water partition coefficient (Wildman–Crippen LogP) is 15.3. The Labute approximate surface area is 351 Å². The molecule has 0 N–H and O–H groups in total. The van der Waals surface area contributed by atoms with Gasteiger partial charge in [0.05, 0.1) is 11.4 Å². The number of thiophene rings is 1. The first-order valence-corrected chi connectivity index (χ1v) is 23.0. The molecule has 0 aliphatic heterocycles. The fourth-order valence-electron chi connectivity index (χ4n) is 13.5. The summed E-state index contributed by atoms with van der Waals surface area (Å²) in [5, 5.41) is 2.72. The Morgan fingerprint density at radius 2 is 1.07 bits per heavy atom. The summed E-state index contributed by atoms with van der Waals surface area (Å²) in [5.74, 6) is 3.42. The van der Waals surface area contributed by atoms with Gasteiger partial charge in [-0.25, -0.2) is 0 Å². The Morgan fingerprint density at radius 3 is 1.75 bits per heavy atom. The van der Waals surface area contributed by atoms with Crippen molar-refractivity contribution in [1.29, 1.82) is 0 Å². The molecule has 59 heavy (non-hydrogen) atoms. The van der Waals surface area contributed by atoms with E-state index in [-0.39, 0.29) is 5.41 Å². The molecule has 6 unspecified atom stereocenters. The molecule has 8 aromatic rings. The average molecular weight is 781 g/mol. The predicted molar refractivity (Wildman–Crippen MR) is 248 cm³/mol. The molecule has 6 atom stereocenters. The highest BCUT2D eigenvalue weighted by molar-refractivity contribution is 7.25. The van der Waals surface area contributed by atoms with Crippen LogP contribution in [0, 0.1) is 23.7 Å². The van der Waals surface area contributed by atoms with Crippen LogP contribution in [0.15, 0.2) is 164 Å². The average Bonchev–Trinajstić information content (AvgIpc) is 4.15. The largest absolute Gasteiger partial charge is 0.310 e. The molecule has 7 aromatic carbocycles. The molecule has 3 fully saturated rings. The minimum atomic E-state index is -0.0823. The fraction of sp³-hybridized carbons (Fsp3) is 0.250. The molecule has 13 rings (SSSR count). The second-order valence-electron chi connectivity index (χ2n) is 18.3. The van der Waals surface area contributed by atoms with Crippen molar-refractivity contribution >= 4 is 65.6 Å². The highest BCUT2D eigenvalue weighted by atomic mass is 32.1. The van der Waals surface area contributed by atoms with Crippen molar-refractivity contribution in [1.82, 2.24) is 0 Å². The number of rotatable bonds is 7. The first-order valence-electron chi connectivity index (χ1n) is 22.2. The van der Waals surface area contributed by atoms with Gasteiger partial charge in [-0.2, -0.15) is 0 Å². The Hall–Kier alpha value is -5.64. The molecular formula is C56H48N2S. The number of benzene rings is 7. The highest BCUT2D eigenvalue weighted by Gasteiger charge is 2.62. The fourth-order valence-corrected chi connectivity index (χ4v) is 14.6. The third-order valence-corrected chi connectivity index (χ3v) is 16.7. The number of hydrogen-bond donors (Lipinski definition) is 0. The summed E-state index contributed by atoms with van der Waals surface area (Å²) >= 11 is 1.94. The van der Waals surface area contributed by atoms with Crippen molar-refractivity contribution in [2.45, 2.75) is 62.7 Å². The topological polar surface area (TPSA) is 6.48 Å². The molecule has 1 heterocycles. The van der Waals surface area contributed by atoms with Crippen molar-refractivity contribution in [2.24, 2.45) is 23.7 Å². The quantitative estimate of drug-likeness (QED) is 0.159. The van der Waals surface area contributed by atoms with Crippen LogP contribution < -0.4 is 9.80 Å². The summed E-state index contributed by atoms with van der Waals surface area (Å²) < 4.78 is 2.73. The van der Waals surface area contributed by atoms with Crippen molar-refractivity contribution in [3.05, 3.63) is 192 Å². The highest BCUT2D eigenvalue weighted by Crippen LogP contribution is 2.69. The van der Waals surface area contributed by atoms with Crippen molar-refractivity contribution in [3.63, 3.8) is 0 Å². The standard InChI is InChI=1S/C56H48N2S/c1-3-15-42(16-4-1)57(43-17-5-2-6-18-43)50-22-11-13-38-33-40-27-28-41-34-39-14-12-23-51(55(39)56(40,41)54(38)50)58(44-29-30-47-46-20-8-10-24-52(46)59-53(47)35-44)49-21-9-7-19-45(49)48-32-36-25-26-37(48)31-36/h1-24,29-30,35-37,40-41,48H,25-28,31-34H2. The second kappa shape index (κ2) is 13.2. The maximum absolute atomic E-state index is 2.75. The molecule has 1 aromatic heterocycles. The van der Waals surface area contributed by atoms with Gasteiger partial charge in [-0.3, -0.25) is 0 Å². The Morgan fingerprint density at radius 1 is 0.458 bits per heavy atom. The van der Waals surface area contributed by atoms with E-state index in [1.165, 1.54) is 98.4 Å². The third-order valence-electron chi connectivity index (χ3n) is 15.6. The molecule has 0 saturated heterocycles. The summed E-state index contributed by atoms with van der Waals surface area (Å²) in [7, 11) is 0. The van der Waals surface area contributed by atoms with Crippen LogP contribution in [-0.4, -0.2) is 0 Å². The van der Waals surface area contributed by atoms with Crippen LogP contribution in [0.4, 0.5) is 34.1 Å². The van der Waals surface area contributed by atoms with E-state index in [9.17, 15) is 0 Å². The summed E-state index contributed by atoms with van der Waals surface area (Å²) in [6.07, 6.45) is 10.4. The Bertz CT molecular complexity index is 2860. The number of hydrogen-bond acceptors (Lipinski definition) is 3. The van der Waals surface area contributed by atoms with Gasteiger partial charge in [-0.15, -0.1) is 11.3 Å². The van der Waals surface area contributed by atoms with Crippen LogP contribution in [0.3, 0.4) is 0 Å². The van der Waals surface area contributed by atoms with Gasteiger partial charge in [0.1, 0.15) is 0 Å². The van der Waals surface area contributed by atoms with Crippen molar-refractivity contribution in [3.8, 4) is 0 Å². The lowest BCUT2D eigenvalue weighted by Gasteiger charge is -2.40. The van der Waals surface area contributed by atoms with Crippen LogP contribution in [-0.2, 0) is 18.3 Å². The molecule has 5 aliphatic rings.